The number of aliphatic hydroxyl groups excluding tert-OH is 4. The Morgan fingerprint density at radius 1 is 0.833 bits per heavy atom. The van der Waals surface area contributed by atoms with Crippen molar-refractivity contribution in [3.63, 3.8) is 0 Å². The van der Waals surface area contributed by atoms with Gasteiger partial charge in [-0.3, -0.25) is 0 Å². The van der Waals surface area contributed by atoms with Crippen LogP contribution in [0.25, 0.3) is 0 Å². The third-order valence-electron chi connectivity index (χ3n) is 4.58. The van der Waals surface area contributed by atoms with Gasteiger partial charge in [0.05, 0.1) is 6.61 Å². The van der Waals surface area contributed by atoms with E-state index in [1.807, 2.05) is 43.3 Å². The molecule has 0 bridgehead atoms. The second kappa shape index (κ2) is 18.1. The molecule has 10 heteroatoms. The number of aliphatic hydroxyl groups is 4. The first-order valence-electron chi connectivity index (χ1n) is 8.60. The zero-order chi connectivity index (χ0) is 18.7. The van der Waals surface area contributed by atoms with Crippen molar-refractivity contribution in [3.8, 4) is 5.75 Å². The van der Waals surface area contributed by atoms with E-state index >= 15 is 0 Å². The Balaban J connectivity index is 0. The maximum atomic E-state index is 10.2. The molecule has 0 aliphatic carbocycles. The van der Waals surface area contributed by atoms with E-state index in [1.165, 1.54) is 5.56 Å². The SMILES string of the molecule is Cc1ccc(Cc2ccccc2OC2O[C@H](CO)C(O)C(O)C2O)cc1.[Ac].[Ac].[Ac].[Ac]. The van der Waals surface area contributed by atoms with Gasteiger partial charge >= 0.3 is 0 Å². The summed E-state index contributed by atoms with van der Waals surface area (Å²) in [6.07, 6.45) is -5.85. The predicted molar refractivity (Wildman–Crippen MR) is 94.8 cm³/mol. The fourth-order valence-electron chi connectivity index (χ4n) is 2.98. The van der Waals surface area contributed by atoms with Crippen molar-refractivity contribution in [2.24, 2.45) is 0 Å². The summed E-state index contributed by atoms with van der Waals surface area (Å²) in [4.78, 5) is 0. The monoisotopic (exact) mass is 1270 g/mol. The molecule has 1 aliphatic rings. The van der Waals surface area contributed by atoms with Gasteiger partial charge < -0.3 is 29.9 Å². The Morgan fingerprint density at radius 2 is 1.43 bits per heavy atom. The van der Waals surface area contributed by atoms with Gasteiger partial charge in [0.25, 0.3) is 0 Å². The minimum absolute atomic E-state index is 0. The fraction of sp³-hybridized carbons (Fsp3) is 0.400. The van der Waals surface area contributed by atoms with Crippen LogP contribution in [-0.4, -0.2) is 57.7 Å². The number of hydrogen-bond donors (Lipinski definition) is 4. The molecule has 4 N–H and O–H groups in total. The number of benzene rings is 2. The Labute approximate surface area is 320 Å². The quantitative estimate of drug-likeness (QED) is 0.354. The van der Waals surface area contributed by atoms with Gasteiger partial charge in [0, 0.05) is 183 Å². The summed E-state index contributed by atoms with van der Waals surface area (Å²) in [5.41, 5.74) is 3.19. The molecule has 0 aromatic heterocycles. The maximum Gasteiger partial charge on any atom is 0.229 e. The Morgan fingerprint density at radius 3 is 2.03 bits per heavy atom. The van der Waals surface area contributed by atoms with Gasteiger partial charge in [0.15, 0.2) is 0 Å². The Hall–Kier alpha value is 3.81. The Bertz CT molecular complexity index is 731. The molecule has 1 heterocycles. The molecule has 6 nitrogen and oxygen atoms in total. The van der Waals surface area contributed by atoms with Crippen LogP contribution in [0.2, 0.25) is 0 Å². The second-order valence-electron chi connectivity index (χ2n) is 6.59. The fourth-order valence-corrected chi connectivity index (χ4v) is 2.98. The third-order valence-corrected chi connectivity index (χ3v) is 4.58. The van der Waals surface area contributed by atoms with Gasteiger partial charge in [-0.05, 0) is 24.1 Å². The number of aryl methyl sites for hydroxylation is 1. The first kappa shape index (κ1) is 36.0. The molecule has 152 valence electrons. The maximum absolute atomic E-state index is 10.2. The largest absolute Gasteiger partial charge is 0.462 e. The topological polar surface area (TPSA) is 99.4 Å². The van der Waals surface area contributed by atoms with Crippen LogP contribution in [0.4, 0.5) is 0 Å². The van der Waals surface area contributed by atoms with Crippen LogP contribution in [0.5, 0.6) is 5.75 Å². The van der Waals surface area contributed by atoms with Gasteiger partial charge in [-0.25, -0.2) is 0 Å². The Kier molecular flexibility index (Phi) is 21.7. The van der Waals surface area contributed by atoms with Crippen molar-refractivity contribution >= 4 is 0 Å². The van der Waals surface area contributed by atoms with E-state index in [-0.39, 0.29) is 176 Å². The van der Waals surface area contributed by atoms with Crippen LogP contribution in [0.1, 0.15) is 16.7 Å². The molecule has 2 aromatic rings. The molecular formula is C20H24Ac4O6. The van der Waals surface area contributed by atoms with Crippen molar-refractivity contribution in [2.45, 2.75) is 44.1 Å². The van der Waals surface area contributed by atoms with E-state index in [0.29, 0.717) is 12.2 Å². The van der Waals surface area contributed by atoms with E-state index in [1.54, 1.807) is 12.1 Å². The van der Waals surface area contributed by atoms with Gasteiger partial charge in [-0.2, -0.15) is 0 Å². The first-order valence-corrected chi connectivity index (χ1v) is 8.60. The van der Waals surface area contributed by atoms with E-state index in [4.69, 9.17) is 9.47 Å². The zero-order valence-electron chi connectivity index (χ0n) is 16.8. The molecule has 3 rings (SSSR count). The van der Waals surface area contributed by atoms with E-state index < -0.39 is 37.3 Å². The van der Waals surface area contributed by atoms with Crippen LogP contribution < -0.4 is 4.74 Å². The van der Waals surface area contributed by atoms with Gasteiger partial charge in [0.2, 0.25) is 6.29 Å². The van der Waals surface area contributed by atoms with Crippen LogP contribution in [-0.2, 0) is 11.2 Å². The van der Waals surface area contributed by atoms with Gasteiger partial charge in [0.1, 0.15) is 30.2 Å². The van der Waals surface area contributed by atoms with Crippen molar-refractivity contribution in [1.29, 1.82) is 0 Å². The van der Waals surface area contributed by atoms with E-state index in [9.17, 15) is 20.4 Å². The average molecular weight is 1270 g/mol. The van der Waals surface area contributed by atoms with E-state index in [0.717, 1.165) is 11.1 Å². The normalized spacial score (nSPS) is 24.9. The summed E-state index contributed by atoms with van der Waals surface area (Å²) in [6.45, 7) is 1.54. The smallest absolute Gasteiger partial charge is 0.229 e. The van der Waals surface area contributed by atoms with Crippen molar-refractivity contribution in [2.75, 3.05) is 6.61 Å². The molecule has 1 fully saturated rings. The molecule has 5 atom stereocenters. The molecular weight excluding hydrogens is 1240 g/mol. The van der Waals surface area contributed by atoms with Gasteiger partial charge in [-0.15, -0.1) is 0 Å². The van der Waals surface area contributed by atoms with Crippen LogP contribution in [0, 0.1) is 183 Å². The second-order valence-corrected chi connectivity index (χ2v) is 6.59. The number of rotatable bonds is 5. The molecule has 30 heavy (non-hydrogen) atoms. The molecule has 0 saturated carbocycles. The van der Waals surface area contributed by atoms with Crippen molar-refractivity contribution in [1.82, 2.24) is 0 Å². The summed E-state index contributed by atoms with van der Waals surface area (Å²) in [5, 5.41) is 39.2. The minimum Gasteiger partial charge on any atom is -0.462 e. The van der Waals surface area contributed by atoms with Crippen LogP contribution in [0.3, 0.4) is 0 Å². The summed E-state index contributed by atoms with van der Waals surface area (Å²) in [5.74, 6) is 0.511. The first-order chi connectivity index (χ1) is 12.5. The third kappa shape index (κ3) is 10.0. The number of hydrogen-bond acceptors (Lipinski definition) is 6. The summed E-state index contributed by atoms with van der Waals surface area (Å²) < 4.78 is 11.2. The molecule has 4 unspecified atom stereocenters. The summed E-state index contributed by atoms with van der Waals surface area (Å²) in [7, 11) is 0. The average Bonchev–Trinajstić information content (AvgIpc) is 2.65. The molecule has 0 spiro atoms. The van der Waals surface area contributed by atoms with Crippen molar-refractivity contribution < 1.29 is 206 Å². The number of para-hydroxylation sites is 1. The molecule has 2 aromatic carbocycles. The number of ether oxygens (including phenoxy) is 2. The van der Waals surface area contributed by atoms with Gasteiger partial charge in [-0.1, -0.05) is 48.0 Å². The molecule has 0 amide bonds. The van der Waals surface area contributed by atoms with Crippen LogP contribution >= 0.6 is 0 Å². The summed E-state index contributed by atoms with van der Waals surface area (Å²) >= 11 is 0. The molecule has 1 aliphatic heterocycles. The van der Waals surface area contributed by atoms with E-state index in [2.05, 4.69) is 0 Å². The predicted octanol–water partition coefficient (Wildman–Crippen LogP) is 0.765. The van der Waals surface area contributed by atoms with Crippen molar-refractivity contribution in [3.05, 3.63) is 65.2 Å². The minimum atomic E-state index is -1.46. The molecule has 4 radical (unpaired) electrons. The zero-order valence-corrected chi connectivity index (χ0v) is 35.8. The molecule has 1 saturated heterocycles. The summed E-state index contributed by atoms with van der Waals surface area (Å²) in [6, 6.07) is 15.5. The standard InChI is InChI=1S/C20H24O6.4Ac/c1-12-6-8-13(9-7-12)10-14-4-2-3-5-15(14)25-20-19(24)18(23)17(22)16(11-21)26-20;;;;/h2-9,16-24H,10-11H2,1H3;;;;/t16-,17?,18?,19?,20?;;;;/m1..../s1. The van der Waals surface area contributed by atoms with Crippen LogP contribution in [0.15, 0.2) is 48.5 Å².